The van der Waals surface area contributed by atoms with Gasteiger partial charge in [0.2, 0.25) is 5.91 Å². The molecule has 0 saturated heterocycles. The molecule has 1 aliphatic rings. The summed E-state index contributed by atoms with van der Waals surface area (Å²) < 4.78 is 0. The molecule has 0 aromatic heterocycles. The van der Waals surface area contributed by atoms with Crippen LogP contribution in [0, 0.1) is 5.41 Å². The van der Waals surface area contributed by atoms with Gasteiger partial charge in [0, 0.05) is 11.6 Å². The van der Waals surface area contributed by atoms with Gasteiger partial charge in [-0.15, -0.1) is 0 Å². The molecule has 1 aliphatic carbocycles. The second-order valence-electron chi connectivity index (χ2n) is 4.78. The average molecular weight is 253 g/mol. The Morgan fingerprint density at radius 1 is 1.53 bits per heavy atom. The molecular formula is C13H17ClN2O. The highest BCUT2D eigenvalue weighted by atomic mass is 35.5. The molecule has 0 atom stereocenters. The van der Waals surface area contributed by atoms with Crippen LogP contribution in [-0.4, -0.2) is 13.0 Å². The Morgan fingerprint density at radius 2 is 2.24 bits per heavy atom. The third-order valence-electron chi connectivity index (χ3n) is 3.40. The first-order chi connectivity index (χ1) is 8.07. The van der Waals surface area contributed by atoms with Crippen LogP contribution in [0.25, 0.3) is 0 Å². The molecule has 0 bridgehead atoms. The van der Waals surface area contributed by atoms with E-state index in [0.717, 1.165) is 30.0 Å². The average Bonchev–Trinajstić information content (AvgIpc) is 3.04. The standard InChI is InChI=1S/C13H17ClN2O/c1-16-8-9-2-3-11(14)10(6-9)7-13(4-5-13)12(15)17/h2-3,6,16H,4-5,7-8H2,1H3,(H2,15,17). The molecule has 0 heterocycles. The molecule has 3 nitrogen and oxygen atoms in total. The van der Waals surface area contributed by atoms with Crippen LogP contribution in [0.5, 0.6) is 0 Å². The zero-order valence-electron chi connectivity index (χ0n) is 9.92. The van der Waals surface area contributed by atoms with Gasteiger partial charge in [0.05, 0.1) is 5.41 Å². The van der Waals surface area contributed by atoms with E-state index in [1.807, 2.05) is 19.2 Å². The van der Waals surface area contributed by atoms with E-state index < -0.39 is 0 Å². The van der Waals surface area contributed by atoms with E-state index >= 15 is 0 Å². The smallest absolute Gasteiger partial charge is 0.223 e. The van der Waals surface area contributed by atoms with E-state index in [1.165, 1.54) is 5.56 Å². The molecule has 0 aliphatic heterocycles. The molecule has 4 heteroatoms. The van der Waals surface area contributed by atoms with Gasteiger partial charge in [0.1, 0.15) is 0 Å². The summed E-state index contributed by atoms with van der Waals surface area (Å²) in [4.78, 5) is 11.4. The molecule has 3 N–H and O–H groups in total. The summed E-state index contributed by atoms with van der Waals surface area (Å²) in [5, 5.41) is 3.82. The maximum Gasteiger partial charge on any atom is 0.223 e. The van der Waals surface area contributed by atoms with Crippen molar-refractivity contribution >= 4 is 17.5 Å². The molecule has 0 unspecified atom stereocenters. The predicted octanol–water partition coefficient (Wildman–Crippen LogP) is 1.87. The van der Waals surface area contributed by atoms with Gasteiger partial charge in [-0.3, -0.25) is 4.79 Å². The highest BCUT2D eigenvalue weighted by Crippen LogP contribution is 2.48. The zero-order chi connectivity index (χ0) is 12.5. The number of amides is 1. The number of nitrogens with two attached hydrogens (primary N) is 1. The van der Waals surface area contributed by atoms with Crippen LogP contribution in [0.1, 0.15) is 24.0 Å². The van der Waals surface area contributed by atoms with E-state index in [9.17, 15) is 4.79 Å². The summed E-state index contributed by atoms with van der Waals surface area (Å²) in [5.41, 5.74) is 7.30. The summed E-state index contributed by atoms with van der Waals surface area (Å²) in [6, 6.07) is 5.94. The lowest BCUT2D eigenvalue weighted by Crippen LogP contribution is -2.26. The second kappa shape index (κ2) is 4.67. The van der Waals surface area contributed by atoms with Crippen molar-refractivity contribution in [2.45, 2.75) is 25.8 Å². The van der Waals surface area contributed by atoms with Crippen molar-refractivity contribution in [1.29, 1.82) is 0 Å². The SMILES string of the molecule is CNCc1ccc(Cl)c(CC2(C(N)=O)CC2)c1. The topological polar surface area (TPSA) is 55.1 Å². The Labute approximate surface area is 106 Å². The minimum Gasteiger partial charge on any atom is -0.369 e. The van der Waals surface area contributed by atoms with E-state index in [4.69, 9.17) is 17.3 Å². The molecule has 17 heavy (non-hydrogen) atoms. The van der Waals surface area contributed by atoms with Gasteiger partial charge >= 0.3 is 0 Å². The Balaban J connectivity index is 2.20. The number of carbonyl (C=O) groups excluding carboxylic acids is 1. The van der Waals surface area contributed by atoms with Gasteiger partial charge in [-0.1, -0.05) is 23.7 Å². The summed E-state index contributed by atoms with van der Waals surface area (Å²) in [7, 11) is 1.90. The number of halogens is 1. The van der Waals surface area contributed by atoms with Crippen LogP contribution in [-0.2, 0) is 17.8 Å². The van der Waals surface area contributed by atoms with Crippen LogP contribution >= 0.6 is 11.6 Å². The highest BCUT2D eigenvalue weighted by Gasteiger charge is 2.48. The van der Waals surface area contributed by atoms with Crippen LogP contribution in [0.4, 0.5) is 0 Å². The van der Waals surface area contributed by atoms with Gasteiger partial charge in [-0.05, 0) is 43.5 Å². The summed E-state index contributed by atoms with van der Waals surface area (Å²) in [6.45, 7) is 0.799. The molecule has 92 valence electrons. The first kappa shape index (κ1) is 12.4. The van der Waals surface area contributed by atoms with Crippen molar-refractivity contribution in [3.8, 4) is 0 Å². The van der Waals surface area contributed by atoms with Crippen molar-refractivity contribution in [1.82, 2.24) is 5.32 Å². The lowest BCUT2D eigenvalue weighted by molar-refractivity contribution is -0.123. The fourth-order valence-electron chi connectivity index (χ4n) is 2.10. The van der Waals surface area contributed by atoms with Crippen molar-refractivity contribution < 1.29 is 4.79 Å². The Kier molecular flexibility index (Phi) is 3.40. The summed E-state index contributed by atoms with van der Waals surface area (Å²) in [5.74, 6) is -0.201. The number of carbonyl (C=O) groups is 1. The summed E-state index contributed by atoms with van der Waals surface area (Å²) >= 11 is 6.16. The molecule has 2 rings (SSSR count). The molecular weight excluding hydrogens is 236 g/mol. The number of rotatable bonds is 5. The third-order valence-corrected chi connectivity index (χ3v) is 3.76. The molecule has 1 amide bonds. The number of benzene rings is 1. The Bertz CT molecular complexity index is 441. The van der Waals surface area contributed by atoms with Crippen molar-refractivity contribution in [3.63, 3.8) is 0 Å². The number of nitrogens with one attached hydrogen (secondary N) is 1. The lowest BCUT2D eigenvalue weighted by atomic mass is 9.94. The monoisotopic (exact) mass is 252 g/mol. The van der Waals surface area contributed by atoms with Crippen LogP contribution < -0.4 is 11.1 Å². The molecule has 0 radical (unpaired) electrons. The van der Waals surface area contributed by atoms with E-state index in [0.29, 0.717) is 6.42 Å². The number of hydrogen-bond acceptors (Lipinski definition) is 2. The van der Waals surface area contributed by atoms with Crippen molar-refractivity contribution in [2.75, 3.05) is 7.05 Å². The van der Waals surface area contributed by atoms with Gasteiger partial charge in [-0.2, -0.15) is 0 Å². The van der Waals surface area contributed by atoms with Gasteiger partial charge < -0.3 is 11.1 Å². The van der Waals surface area contributed by atoms with Crippen LogP contribution in [0.15, 0.2) is 18.2 Å². The van der Waals surface area contributed by atoms with Crippen molar-refractivity contribution in [3.05, 3.63) is 34.3 Å². The molecule has 0 spiro atoms. The van der Waals surface area contributed by atoms with Crippen LogP contribution in [0.2, 0.25) is 5.02 Å². The van der Waals surface area contributed by atoms with E-state index in [1.54, 1.807) is 0 Å². The van der Waals surface area contributed by atoms with E-state index in [-0.39, 0.29) is 11.3 Å². The predicted molar refractivity (Wildman–Crippen MR) is 68.8 cm³/mol. The maximum absolute atomic E-state index is 11.4. The fraction of sp³-hybridized carbons (Fsp3) is 0.462. The number of primary amides is 1. The van der Waals surface area contributed by atoms with Crippen LogP contribution in [0.3, 0.4) is 0 Å². The first-order valence-corrected chi connectivity index (χ1v) is 6.17. The second-order valence-corrected chi connectivity index (χ2v) is 5.18. The molecule has 1 aromatic rings. The van der Waals surface area contributed by atoms with Crippen molar-refractivity contribution in [2.24, 2.45) is 11.1 Å². The van der Waals surface area contributed by atoms with E-state index in [2.05, 4.69) is 11.4 Å². The summed E-state index contributed by atoms with van der Waals surface area (Å²) in [6.07, 6.45) is 2.43. The first-order valence-electron chi connectivity index (χ1n) is 5.79. The number of hydrogen-bond donors (Lipinski definition) is 2. The molecule has 1 saturated carbocycles. The molecule has 1 fully saturated rings. The minimum atomic E-state index is -0.331. The largest absolute Gasteiger partial charge is 0.369 e. The zero-order valence-corrected chi connectivity index (χ0v) is 10.7. The minimum absolute atomic E-state index is 0.201. The van der Waals surface area contributed by atoms with Gasteiger partial charge in [0.15, 0.2) is 0 Å². The third kappa shape index (κ3) is 2.61. The quantitative estimate of drug-likeness (QED) is 0.841. The van der Waals surface area contributed by atoms with Gasteiger partial charge in [-0.25, -0.2) is 0 Å². The van der Waals surface area contributed by atoms with Gasteiger partial charge in [0.25, 0.3) is 0 Å². The Morgan fingerprint density at radius 3 is 2.76 bits per heavy atom. The normalized spacial score (nSPS) is 16.8. The lowest BCUT2D eigenvalue weighted by Gasteiger charge is -2.13. The fourth-order valence-corrected chi connectivity index (χ4v) is 2.29. The highest BCUT2D eigenvalue weighted by molar-refractivity contribution is 6.31. The molecule has 1 aromatic carbocycles. The maximum atomic E-state index is 11.4. The Hall–Kier alpha value is -1.06.